The van der Waals surface area contributed by atoms with Crippen LogP contribution in [0.3, 0.4) is 0 Å². The molecule has 0 amide bonds. The molecule has 2 aromatic heterocycles. The van der Waals surface area contributed by atoms with Gasteiger partial charge in [-0.05, 0) is 46.1 Å². The maximum atomic E-state index is 5.30. The number of fused-ring (bicyclic) bond motifs is 1. The summed E-state index contributed by atoms with van der Waals surface area (Å²) in [7, 11) is 3.48. The lowest BCUT2D eigenvalue weighted by Crippen LogP contribution is -2.08. The van der Waals surface area contributed by atoms with Crippen molar-refractivity contribution in [1.82, 2.24) is 15.0 Å². The number of H-pyrrole nitrogens is 1. The Morgan fingerprint density at radius 3 is 3.00 bits per heavy atom. The number of hydrogen-bond donors (Lipinski definition) is 3. The Balaban J connectivity index is 1.71. The number of aromatic nitrogens is 3. The van der Waals surface area contributed by atoms with Crippen molar-refractivity contribution < 1.29 is 4.74 Å². The summed E-state index contributed by atoms with van der Waals surface area (Å²) in [6.45, 7) is 0.767. The normalized spacial score (nSPS) is 10.7. The maximum Gasteiger partial charge on any atom is 0.224 e. The third-order valence-electron chi connectivity index (χ3n) is 3.63. The zero-order valence-corrected chi connectivity index (χ0v) is 14.6. The molecule has 7 heteroatoms. The zero-order chi connectivity index (χ0) is 16.2. The van der Waals surface area contributed by atoms with Gasteiger partial charge in [0.05, 0.1) is 11.6 Å². The van der Waals surface area contributed by atoms with Gasteiger partial charge in [-0.3, -0.25) is 0 Å². The van der Waals surface area contributed by atoms with Crippen molar-refractivity contribution in [2.75, 3.05) is 31.3 Å². The first-order valence-corrected chi connectivity index (χ1v) is 8.08. The number of benzene rings is 1. The molecule has 3 rings (SSSR count). The van der Waals surface area contributed by atoms with Crippen LogP contribution >= 0.6 is 15.9 Å². The van der Waals surface area contributed by atoms with Gasteiger partial charge in [0.25, 0.3) is 0 Å². The second-order valence-electron chi connectivity index (χ2n) is 5.04. The molecule has 6 nitrogen and oxygen atoms in total. The number of hydrogen-bond acceptors (Lipinski definition) is 5. The van der Waals surface area contributed by atoms with Gasteiger partial charge < -0.3 is 20.4 Å². The number of rotatable bonds is 6. The molecule has 3 N–H and O–H groups in total. The smallest absolute Gasteiger partial charge is 0.224 e. The highest BCUT2D eigenvalue weighted by atomic mass is 79.9. The van der Waals surface area contributed by atoms with Crippen LogP contribution in [-0.4, -0.2) is 35.7 Å². The minimum Gasteiger partial charge on any atom is -0.497 e. The lowest BCUT2D eigenvalue weighted by Gasteiger charge is -2.08. The zero-order valence-electron chi connectivity index (χ0n) is 13.0. The first-order chi connectivity index (χ1) is 11.2. The Labute approximate surface area is 142 Å². The second kappa shape index (κ2) is 6.87. The van der Waals surface area contributed by atoms with Gasteiger partial charge in [0.2, 0.25) is 5.95 Å². The van der Waals surface area contributed by atoms with Crippen LogP contribution in [0.15, 0.2) is 35.1 Å². The Bertz CT molecular complexity index is 817. The van der Waals surface area contributed by atoms with Gasteiger partial charge in [0.1, 0.15) is 11.6 Å². The number of nitrogens with one attached hydrogen (secondary N) is 3. The average Bonchev–Trinajstić information content (AvgIpc) is 2.98. The van der Waals surface area contributed by atoms with Crippen molar-refractivity contribution in [2.24, 2.45) is 0 Å². The third kappa shape index (κ3) is 3.39. The quantitative estimate of drug-likeness (QED) is 0.615. The van der Waals surface area contributed by atoms with Crippen LogP contribution in [0.1, 0.15) is 5.56 Å². The van der Waals surface area contributed by atoms with Gasteiger partial charge in [0, 0.05) is 36.9 Å². The van der Waals surface area contributed by atoms with E-state index in [0.717, 1.165) is 34.5 Å². The van der Waals surface area contributed by atoms with Crippen molar-refractivity contribution >= 4 is 38.6 Å². The number of methoxy groups -OCH3 is 1. The molecule has 0 saturated carbocycles. The summed E-state index contributed by atoms with van der Waals surface area (Å²) in [4.78, 5) is 11.8. The standard InChI is InChI=1S/C16H18BrN5O/c1-18-16-21-9-13(17)15(22-16)19-6-5-10-8-20-14-4-3-11(23-2)7-12(10)14/h3-4,7-9,20H,5-6H2,1-2H3,(H2,18,19,21,22). The first-order valence-electron chi connectivity index (χ1n) is 7.29. The Morgan fingerprint density at radius 2 is 2.22 bits per heavy atom. The first kappa shape index (κ1) is 15.6. The van der Waals surface area contributed by atoms with E-state index in [1.807, 2.05) is 18.3 Å². The molecule has 0 bridgehead atoms. The van der Waals surface area contributed by atoms with Gasteiger partial charge in [-0.25, -0.2) is 4.98 Å². The summed E-state index contributed by atoms with van der Waals surface area (Å²) < 4.78 is 6.15. The van der Waals surface area contributed by atoms with Gasteiger partial charge in [-0.2, -0.15) is 4.98 Å². The van der Waals surface area contributed by atoms with Crippen LogP contribution in [0.5, 0.6) is 5.75 Å². The van der Waals surface area contributed by atoms with E-state index in [9.17, 15) is 0 Å². The lowest BCUT2D eigenvalue weighted by molar-refractivity contribution is 0.415. The van der Waals surface area contributed by atoms with E-state index in [2.05, 4.69) is 47.6 Å². The molecule has 2 heterocycles. The van der Waals surface area contributed by atoms with E-state index in [0.29, 0.717) is 5.95 Å². The monoisotopic (exact) mass is 375 g/mol. The summed E-state index contributed by atoms with van der Waals surface area (Å²) in [5, 5.41) is 7.45. The maximum absolute atomic E-state index is 5.30. The number of anilines is 2. The molecule has 0 aliphatic carbocycles. The molecule has 0 unspecified atom stereocenters. The molecule has 0 atom stereocenters. The number of ether oxygens (including phenoxy) is 1. The van der Waals surface area contributed by atoms with Crippen LogP contribution in [0.4, 0.5) is 11.8 Å². The third-order valence-corrected chi connectivity index (χ3v) is 4.21. The van der Waals surface area contributed by atoms with Crippen molar-refractivity contribution in [3.63, 3.8) is 0 Å². The summed E-state index contributed by atoms with van der Waals surface area (Å²) in [6, 6.07) is 6.05. The van der Waals surface area contributed by atoms with Crippen LogP contribution in [0.25, 0.3) is 10.9 Å². The molecule has 23 heavy (non-hydrogen) atoms. The van der Waals surface area contributed by atoms with Crippen molar-refractivity contribution in [3.8, 4) is 5.75 Å². The Hall–Kier alpha value is -2.28. The van der Waals surface area contributed by atoms with E-state index in [-0.39, 0.29) is 0 Å². The minimum absolute atomic E-state index is 0.590. The molecular formula is C16H18BrN5O. The molecular weight excluding hydrogens is 358 g/mol. The molecule has 0 spiro atoms. The summed E-state index contributed by atoms with van der Waals surface area (Å²) in [5.41, 5.74) is 2.35. The molecule has 1 aromatic carbocycles. The van der Waals surface area contributed by atoms with Crippen molar-refractivity contribution in [3.05, 3.63) is 40.6 Å². The SMILES string of the molecule is CNc1ncc(Br)c(NCCc2c[nH]c3ccc(OC)cc23)n1. The predicted octanol–water partition coefficient (Wildman–Crippen LogP) is 3.43. The van der Waals surface area contributed by atoms with Gasteiger partial charge in [0.15, 0.2) is 0 Å². The number of aromatic amines is 1. The highest BCUT2D eigenvalue weighted by molar-refractivity contribution is 9.10. The van der Waals surface area contributed by atoms with Gasteiger partial charge in [-0.1, -0.05) is 0 Å². The van der Waals surface area contributed by atoms with E-state index >= 15 is 0 Å². The van der Waals surface area contributed by atoms with Crippen LogP contribution < -0.4 is 15.4 Å². The lowest BCUT2D eigenvalue weighted by atomic mass is 10.1. The summed E-state index contributed by atoms with van der Waals surface area (Å²) >= 11 is 3.46. The molecule has 0 aliphatic rings. The predicted molar refractivity (Wildman–Crippen MR) is 96.3 cm³/mol. The number of nitrogens with zero attached hydrogens (tertiary/aromatic N) is 2. The van der Waals surface area contributed by atoms with E-state index in [1.165, 1.54) is 10.9 Å². The Kier molecular flexibility index (Phi) is 4.66. The minimum atomic E-state index is 0.590. The van der Waals surface area contributed by atoms with Crippen LogP contribution in [0.2, 0.25) is 0 Å². The van der Waals surface area contributed by atoms with Crippen LogP contribution in [0, 0.1) is 0 Å². The second-order valence-corrected chi connectivity index (χ2v) is 5.90. The molecule has 0 saturated heterocycles. The highest BCUT2D eigenvalue weighted by Gasteiger charge is 2.07. The number of halogens is 1. The molecule has 0 fully saturated rings. The van der Waals surface area contributed by atoms with E-state index in [1.54, 1.807) is 20.4 Å². The van der Waals surface area contributed by atoms with Gasteiger partial charge >= 0.3 is 0 Å². The van der Waals surface area contributed by atoms with E-state index in [4.69, 9.17) is 4.74 Å². The van der Waals surface area contributed by atoms with E-state index < -0.39 is 0 Å². The largest absolute Gasteiger partial charge is 0.497 e. The Morgan fingerprint density at radius 1 is 1.35 bits per heavy atom. The fourth-order valence-electron chi connectivity index (χ4n) is 2.42. The van der Waals surface area contributed by atoms with Crippen molar-refractivity contribution in [1.29, 1.82) is 0 Å². The average molecular weight is 376 g/mol. The molecule has 3 aromatic rings. The summed E-state index contributed by atoms with van der Waals surface area (Å²) in [6.07, 6.45) is 4.65. The summed E-state index contributed by atoms with van der Waals surface area (Å²) in [5.74, 6) is 2.23. The van der Waals surface area contributed by atoms with Gasteiger partial charge in [-0.15, -0.1) is 0 Å². The fourth-order valence-corrected chi connectivity index (χ4v) is 2.75. The molecule has 120 valence electrons. The van der Waals surface area contributed by atoms with Crippen LogP contribution in [-0.2, 0) is 6.42 Å². The fraction of sp³-hybridized carbons (Fsp3) is 0.250. The highest BCUT2D eigenvalue weighted by Crippen LogP contribution is 2.24. The molecule has 0 radical (unpaired) electrons. The topological polar surface area (TPSA) is 74.9 Å². The van der Waals surface area contributed by atoms with Crippen molar-refractivity contribution in [2.45, 2.75) is 6.42 Å². The molecule has 0 aliphatic heterocycles.